The van der Waals surface area contributed by atoms with Crippen molar-refractivity contribution < 1.29 is 14.6 Å². The van der Waals surface area contributed by atoms with Crippen LogP contribution in [0.2, 0.25) is 0 Å². The van der Waals surface area contributed by atoms with Crippen molar-refractivity contribution in [3.63, 3.8) is 0 Å². The van der Waals surface area contributed by atoms with E-state index in [1.54, 1.807) is 18.2 Å². The van der Waals surface area contributed by atoms with Gasteiger partial charge in [0.15, 0.2) is 6.61 Å². The van der Waals surface area contributed by atoms with Crippen LogP contribution < -0.4 is 10.2 Å². The first-order valence-corrected chi connectivity index (χ1v) is 10.6. The summed E-state index contributed by atoms with van der Waals surface area (Å²) < 4.78 is 6.51. The van der Waals surface area contributed by atoms with E-state index in [4.69, 9.17) is 4.74 Å². The van der Waals surface area contributed by atoms with Gasteiger partial charge in [-0.1, -0.05) is 46.8 Å². The summed E-state index contributed by atoms with van der Waals surface area (Å²) in [6, 6.07) is 13.0. The number of halogens is 1. The molecule has 0 spiro atoms. The van der Waals surface area contributed by atoms with Crippen LogP contribution in [0.3, 0.4) is 0 Å². The molecule has 0 radical (unpaired) electrons. The Labute approximate surface area is 186 Å². The number of benzene rings is 2. The van der Waals surface area contributed by atoms with Crippen molar-refractivity contribution in [1.82, 2.24) is 5.43 Å². The summed E-state index contributed by atoms with van der Waals surface area (Å²) in [4.78, 5) is 11.9. The Balaban J connectivity index is 1.87. The van der Waals surface area contributed by atoms with Gasteiger partial charge in [0, 0.05) is 9.13 Å². The average molecular weight is 508 g/mol. The molecule has 156 valence electrons. The third kappa shape index (κ3) is 7.68. The minimum atomic E-state index is -0.372. The molecule has 5 nitrogen and oxygen atoms in total. The average Bonchev–Trinajstić information content (AvgIpc) is 2.61. The molecule has 0 saturated heterocycles. The normalized spacial score (nSPS) is 12.2. The largest absolute Gasteiger partial charge is 0.507 e. The number of rotatable bonds is 7. The molecule has 6 heteroatoms. The molecule has 2 rings (SSSR count). The lowest BCUT2D eigenvalue weighted by Gasteiger charge is -2.33. The molecule has 0 fully saturated rings. The first kappa shape index (κ1) is 23.2. The molecule has 29 heavy (non-hydrogen) atoms. The van der Waals surface area contributed by atoms with Crippen LogP contribution in [0.5, 0.6) is 11.5 Å². The van der Waals surface area contributed by atoms with Crippen LogP contribution in [-0.4, -0.2) is 23.8 Å². The highest BCUT2D eigenvalue weighted by molar-refractivity contribution is 14.1. The van der Waals surface area contributed by atoms with Crippen molar-refractivity contribution in [3.05, 3.63) is 57.2 Å². The predicted molar refractivity (Wildman–Crippen MR) is 126 cm³/mol. The van der Waals surface area contributed by atoms with Crippen LogP contribution in [0, 0.1) is 8.99 Å². The summed E-state index contributed by atoms with van der Waals surface area (Å²) in [6.07, 6.45) is 2.47. The zero-order valence-corrected chi connectivity index (χ0v) is 19.8. The maximum absolute atomic E-state index is 11.9. The highest BCUT2D eigenvalue weighted by Gasteiger charge is 2.27. The SMILES string of the molecule is CC(C)(C)CC(C)(C)c1ccc(OCC(=O)N/N=C\c2cc(I)ccc2O)cc1. The van der Waals surface area contributed by atoms with Gasteiger partial charge in [0.05, 0.1) is 6.21 Å². The number of hydrazone groups is 1. The van der Waals surface area contributed by atoms with Crippen molar-refractivity contribution in [2.75, 3.05) is 6.61 Å². The Morgan fingerprint density at radius 1 is 1.14 bits per heavy atom. The quantitative estimate of drug-likeness (QED) is 0.305. The number of phenolic OH excluding ortho intramolecular Hbond substituents is 1. The molecule has 0 aliphatic heterocycles. The summed E-state index contributed by atoms with van der Waals surface area (Å²) in [5.41, 5.74) is 4.48. The lowest BCUT2D eigenvalue weighted by atomic mass is 9.72. The van der Waals surface area contributed by atoms with E-state index >= 15 is 0 Å². The van der Waals surface area contributed by atoms with Crippen LogP contribution in [-0.2, 0) is 10.2 Å². The van der Waals surface area contributed by atoms with E-state index in [0.717, 1.165) is 9.99 Å². The van der Waals surface area contributed by atoms with Crippen molar-refractivity contribution in [2.45, 2.75) is 46.5 Å². The molecule has 2 N–H and O–H groups in total. The monoisotopic (exact) mass is 508 g/mol. The second-order valence-electron chi connectivity index (χ2n) is 8.93. The smallest absolute Gasteiger partial charge is 0.277 e. The maximum atomic E-state index is 11.9. The Morgan fingerprint density at radius 3 is 2.41 bits per heavy atom. The summed E-state index contributed by atoms with van der Waals surface area (Å²) >= 11 is 2.14. The van der Waals surface area contributed by atoms with E-state index in [-0.39, 0.29) is 29.1 Å². The van der Waals surface area contributed by atoms with Crippen LogP contribution in [0.4, 0.5) is 0 Å². The van der Waals surface area contributed by atoms with E-state index in [2.05, 4.69) is 79.9 Å². The molecule has 1 amide bonds. The van der Waals surface area contributed by atoms with Gasteiger partial charge >= 0.3 is 0 Å². The number of phenols is 1. The topological polar surface area (TPSA) is 70.9 Å². The van der Waals surface area contributed by atoms with Crippen molar-refractivity contribution in [3.8, 4) is 11.5 Å². The number of aromatic hydroxyl groups is 1. The number of amides is 1. The second-order valence-corrected chi connectivity index (χ2v) is 10.2. The predicted octanol–water partition coefficient (Wildman–Crippen LogP) is 5.24. The maximum Gasteiger partial charge on any atom is 0.277 e. The van der Waals surface area contributed by atoms with E-state index in [1.165, 1.54) is 11.8 Å². The standard InChI is InChI=1S/C23H29IN2O3/c1-22(2,3)15-23(4,5)17-6-9-19(10-7-17)29-14-21(28)26-25-13-16-12-18(24)8-11-20(16)27/h6-13,27H,14-15H2,1-5H3,(H,26,28)/b25-13-. The minimum absolute atomic E-state index is 0.0592. The summed E-state index contributed by atoms with van der Waals surface area (Å²) in [6.45, 7) is 11.1. The number of carbonyl (C=O) groups excluding carboxylic acids is 1. The van der Waals surface area contributed by atoms with E-state index < -0.39 is 0 Å². The van der Waals surface area contributed by atoms with Crippen LogP contribution in [0.25, 0.3) is 0 Å². The number of nitrogens with zero attached hydrogens (tertiary/aromatic N) is 1. The van der Waals surface area contributed by atoms with Crippen LogP contribution >= 0.6 is 22.6 Å². The third-order valence-corrected chi connectivity index (χ3v) is 5.03. The molecule has 2 aromatic rings. The fourth-order valence-electron chi connectivity index (χ4n) is 3.41. The van der Waals surface area contributed by atoms with Crippen LogP contribution in [0.15, 0.2) is 47.6 Å². The zero-order chi connectivity index (χ0) is 21.7. The zero-order valence-electron chi connectivity index (χ0n) is 17.6. The fraction of sp³-hybridized carbons (Fsp3) is 0.391. The highest BCUT2D eigenvalue weighted by atomic mass is 127. The Morgan fingerprint density at radius 2 is 1.79 bits per heavy atom. The molecule has 0 aliphatic rings. The van der Waals surface area contributed by atoms with Gasteiger partial charge in [0.25, 0.3) is 5.91 Å². The third-order valence-electron chi connectivity index (χ3n) is 4.36. The summed E-state index contributed by atoms with van der Waals surface area (Å²) in [5, 5.41) is 13.6. The van der Waals surface area contributed by atoms with E-state index in [9.17, 15) is 9.90 Å². The van der Waals surface area contributed by atoms with Gasteiger partial charge in [0.1, 0.15) is 11.5 Å². The number of nitrogens with one attached hydrogen (secondary N) is 1. The van der Waals surface area contributed by atoms with Crippen molar-refractivity contribution in [1.29, 1.82) is 0 Å². The first-order chi connectivity index (χ1) is 13.5. The molecular formula is C23H29IN2O3. The molecule has 0 bridgehead atoms. The molecule has 0 unspecified atom stereocenters. The number of ether oxygens (including phenoxy) is 1. The van der Waals surface area contributed by atoms with Gasteiger partial charge in [-0.2, -0.15) is 5.10 Å². The van der Waals surface area contributed by atoms with Crippen molar-refractivity contribution >= 4 is 34.7 Å². The van der Waals surface area contributed by atoms with Gasteiger partial charge in [-0.3, -0.25) is 4.79 Å². The van der Waals surface area contributed by atoms with Gasteiger partial charge in [-0.15, -0.1) is 0 Å². The Kier molecular flexibility index (Phi) is 7.68. The van der Waals surface area contributed by atoms with Gasteiger partial charge in [-0.05, 0) is 75.7 Å². The lowest BCUT2D eigenvalue weighted by Crippen LogP contribution is -2.25. The van der Waals surface area contributed by atoms with Crippen molar-refractivity contribution in [2.24, 2.45) is 10.5 Å². The summed E-state index contributed by atoms with van der Waals surface area (Å²) in [5.74, 6) is 0.368. The minimum Gasteiger partial charge on any atom is -0.507 e. The molecule has 0 heterocycles. The molecule has 0 atom stereocenters. The molecule has 0 aliphatic carbocycles. The van der Waals surface area contributed by atoms with Gasteiger partial charge in [0.2, 0.25) is 0 Å². The highest BCUT2D eigenvalue weighted by Crippen LogP contribution is 2.36. The number of hydrogen-bond donors (Lipinski definition) is 2. The van der Waals surface area contributed by atoms with Gasteiger partial charge in [-0.25, -0.2) is 5.43 Å². The molecule has 2 aromatic carbocycles. The summed E-state index contributed by atoms with van der Waals surface area (Å²) in [7, 11) is 0. The Bertz CT molecular complexity index is 869. The molecule has 0 saturated carbocycles. The lowest BCUT2D eigenvalue weighted by molar-refractivity contribution is -0.123. The Hall–Kier alpha value is -2.09. The first-order valence-electron chi connectivity index (χ1n) is 9.50. The van der Waals surface area contributed by atoms with Crippen LogP contribution in [0.1, 0.15) is 52.2 Å². The van der Waals surface area contributed by atoms with E-state index in [1.807, 2.05) is 12.1 Å². The second kappa shape index (κ2) is 9.61. The fourth-order valence-corrected chi connectivity index (χ4v) is 3.93. The number of hydrogen-bond acceptors (Lipinski definition) is 4. The van der Waals surface area contributed by atoms with Gasteiger partial charge < -0.3 is 9.84 Å². The molecular weight excluding hydrogens is 479 g/mol. The van der Waals surface area contributed by atoms with E-state index in [0.29, 0.717) is 11.3 Å². The molecule has 0 aromatic heterocycles. The number of carbonyl (C=O) groups is 1.